The van der Waals surface area contributed by atoms with Gasteiger partial charge in [-0.15, -0.1) is 23.1 Å². The molecule has 0 bridgehead atoms. The maximum absolute atomic E-state index is 14.0. The molecule has 0 fully saturated rings. The number of rotatable bonds is 7. The van der Waals surface area contributed by atoms with Crippen LogP contribution in [0.4, 0.5) is 17.6 Å². The lowest BCUT2D eigenvalue weighted by Crippen LogP contribution is -2.07. The van der Waals surface area contributed by atoms with E-state index in [2.05, 4.69) is 9.97 Å². The number of thioether (sulfide) groups is 1. The van der Waals surface area contributed by atoms with Gasteiger partial charge in [-0.25, -0.2) is 14.4 Å². The molecule has 0 aliphatic carbocycles. The highest BCUT2D eigenvalue weighted by atomic mass is 32.2. The standard InChI is InChI=1S/C23H18F4N2O3S2/c1-11-7-14(9-17-21(11)32-19(29-17)5-6-20(30)31)33-10-18-12(2)28-22(34-18)13-3-4-15(16(24)8-13)23(25,26)27/h3-4,7-9H,5-6,10H2,1-2H3,(H,30,31). The summed E-state index contributed by atoms with van der Waals surface area (Å²) in [5.41, 5.74) is 1.85. The molecule has 11 heteroatoms. The van der Waals surface area contributed by atoms with Gasteiger partial charge in [-0.05, 0) is 43.7 Å². The van der Waals surface area contributed by atoms with E-state index in [-0.39, 0.29) is 12.8 Å². The van der Waals surface area contributed by atoms with Gasteiger partial charge in [0.05, 0.1) is 17.7 Å². The number of aryl methyl sites for hydroxylation is 3. The van der Waals surface area contributed by atoms with E-state index in [1.54, 1.807) is 6.92 Å². The van der Waals surface area contributed by atoms with Crippen LogP contribution >= 0.6 is 23.1 Å². The molecule has 0 aliphatic heterocycles. The number of benzene rings is 2. The van der Waals surface area contributed by atoms with Crippen molar-refractivity contribution < 1.29 is 31.9 Å². The number of nitrogens with zero attached hydrogens (tertiary/aromatic N) is 2. The van der Waals surface area contributed by atoms with Crippen LogP contribution in [-0.2, 0) is 23.1 Å². The number of hydrogen-bond acceptors (Lipinski definition) is 6. The summed E-state index contributed by atoms with van der Waals surface area (Å²) in [6, 6.07) is 6.63. The summed E-state index contributed by atoms with van der Waals surface area (Å²) in [7, 11) is 0. The topological polar surface area (TPSA) is 76.2 Å². The van der Waals surface area contributed by atoms with Gasteiger partial charge in [-0.3, -0.25) is 4.79 Å². The van der Waals surface area contributed by atoms with Crippen LogP contribution in [0.25, 0.3) is 21.7 Å². The molecule has 0 spiro atoms. The van der Waals surface area contributed by atoms with Crippen LogP contribution in [0.5, 0.6) is 0 Å². The van der Waals surface area contributed by atoms with Crippen LogP contribution in [0.1, 0.15) is 34.0 Å². The van der Waals surface area contributed by atoms with Crippen LogP contribution in [-0.4, -0.2) is 21.0 Å². The fourth-order valence-corrected chi connectivity index (χ4v) is 5.56. The Morgan fingerprint density at radius 3 is 2.62 bits per heavy atom. The van der Waals surface area contributed by atoms with Crippen molar-refractivity contribution in [1.82, 2.24) is 9.97 Å². The molecule has 34 heavy (non-hydrogen) atoms. The summed E-state index contributed by atoms with van der Waals surface area (Å²) in [5.74, 6) is -1.32. The number of thiazole rings is 1. The number of carboxylic acid groups (broad SMARTS) is 1. The lowest BCUT2D eigenvalue weighted by molar-refractivity contribution is -0.140. The van der Waals surface area contributed by atoms with Crippen LogP contribution in [0.2, 0.25) is 0 Å². The Morgan fingerprint density at radius 2 is 1.94 bits per heavy atom. The van der Waals surface area contributed by atoms with E-state index in [1.807, 2.05) is 19.1 Å². The fourth-order valence-electron chi connectivity index (χ4n) is 3.33. The summed E-state index contributed by atoms with van der Waals surface area (Å²) in [6.07, 6.45) is -4.61. The molecule has 0 amide bonds. The summed E-state index contributed by atoms with van der Waals surface area (Å²) < 4.78 is 58.1. The van der Waals surface area contributed by atoms with Gasteiger partial charge < -0.3 is 9.52 Å². The first-order valence-electron chi connectivity index (χ1n) is 10.1. The highest BCUT2D eigenvalue weighted by Gasteiger charge is 2.34. The number of aromatic nitrogens is 2. The molecule has 0 radical (unpaired) electrons. The number of fused-ring (bicyclic) bond motifs is 1. The Balaban J connectivity index is 1.51. The third kappa shape index (κ3) is 5.25. The predicted octanol–water partition coefficient (Wildman–Crippen LogP) is 7.04. The van der Waals surface area contributed by atoms with E-state index in [0.29, 0.717) is 33.3 Å². The number of hydrogen-bond donors (Lipinski definition) is 1. The van der Waals surface area contributed by atoms with Gasteiger partial charge in [0.25, 0.3) is 0 Å². The molecule has 0 saturated heterocycles. The first-order valence-corrected chi connectivity index (χ1v) is 11.9. The van der Waals surface area contributed by atoms with Crippen LogP contribution in [0, 0.1) is 19.7 Å². The van der Waals surface area contributed by atoms with Crippen molar-refractivity contribution in [1.29, 1.82) is 0 Å². The first kappa shape index (κ1) is 24.2. The lowest BCUT2D eigenvalue weighted by atomic mass is 10.1. The Bertz CT molecular complexity index is 1380. The van der Waals surface area contributed by atoms with E-state index < -0.39 is 23.5 Å². The van der Waals surface area contributed by atoms with Crippen molar-refractivity contribution in [2.24, 2.45) is 0 Å². The lowest BCUT2D eigenvalue weighted by Gasteiger charge is -2.08. The zero-order chi connectivity index (χ0) is 24.6. The predicted molar refractivity (Wildman–Crippen MR) is 122 cm³/mol. The maximum atomic E-state index is 14.0. The molecule has 2 heterocycles. The summed E-state index contributed by atoms with van der Waals surface area (Å²) in [5, 5.41) is 9.29. The zero-order valence-electron chi connectivity index (χ0n) is 18.0. The van der Waals surface area contributed by atoms with Gasteiger partial charge in [0.2, 0.25) is 0 Å². The van der Waals surface area contributed by atoms with E-state index in [0.717, 1.165) is 33.2 Å². The fraction of sp³-hybridized carbons (Fsp3) is 0.261. The minimum atomic E-state index is -4.75. The van der Waals surface area contributed by atoms with Crippen molar-refractivity contribution >= 4 is 40.2 Å². The molecule has 4 rings (SSSR count). The number of carboxylic acids is 1. The van der Waals surface area contributed by atoms with Crippen molar-refractivity contribution in [2.75, 3.05) is 0 Å². The van der Waals surface area contributed by atoms with E-state index in [9.17, 15) is 22.4 Å². The molecule has 0 saturated carbocycles. The zero-order valence-corrected chi connectivity index (χ0v) is 19.6. The molecule has 2 aromatic heterocycles. The SMILES string of the molecule is Cc1nc(-c2ccc(C(F)(F)F)c(F)c2)sc1CSc1cc(C)c2oc(CCC(=O)O)nc2c1. The van der Waals surface area contributed by atoms with Gasteiger partial charge in [0.1, 0.15) is 16.3 Å². The molecule has 0 atom stereocenters. The average Bonchev–Trinajstić information content (AvgIpc) is 3.33. The van der Waals surface area contributed by atoms with Gasteiger partial charge in [-0.1, -0.05) is 6.07 Å². The molecule has 4 aromatic rings. The summed E-state index contributed by atoms with van der Waals surface area (Å²) >= 11 is 2.84. The molecule has 2 aromatic carbocycles. The van der Waals surface area contributed by atoms with E-state index in [4.69, 9.17) is 9.52 Å². The molecular formula is C23H18F4N2O3S2. The van der Waals surface area contributed by atoms with Gasteiger partial charge in [0.15, 0.2) is 11.5 Å². The minimum absolute atomic E-state index is 0.0662. The van der Waals surface area contributed by atoms with Crippen molar-refractivity contribution in [3.8, 4) is 10.6 Å². The molecule has 178 valence electrons. The Morgan fingerprint density at radius 1 is 1.18 bits per heavy atom. The van der Waals surface area contributed by atoms with Crippen molar-refractivity contribution in [2.45, 2.75) is 43.5 Å². The normalized spacial score (nSPS) is 11.9. The third-order valence-corrected chi connectivity index (χ3v) is 7.42. The number of alkyl halides is 3. The monoisotopic (exact) mass is 510 g/mol. The third-order valence-electron chi connectivity index (χ3n) is 5.03. The number of carbonyl (C=O) groups is 1. The van der Waals surface area contributed by atoms with Gasteiger partial charge >= 0.3 is 12.1 Å². The van der Waals surface area contributed by atoms with Crippen LogP contribution < -0.4 is 0 Å². The summed E-state index contributed by atoms with van der Waals surface area (Å²) in [6.45, 7) is 3.69. The second kappa shape index (κ2) is 9.38. The van der Waals surface area contributed by atoms with Crippen LogP contribution in [0.3, 0.4) is 0 Å². The number of aliphatic carboxylic acids is 1. The number of halogens is 4. The highest BCUT2D eigenvalue weighted by Crippen LogP contribution is 2.37. The summed E-state index contributed by atoms with van der Waals surface area (Å²) in [4.78, 5) is 21.4. The first-order chi connectivity index (χ1) is 16.0. The maximum Gasteiger partial charge on any atom is 0.419 e. The molecule has 5 nitrogen and oxygen atoms in total. The Hall–Kier alpha value is -2.92. The highest BCUT2D eigenvalue weighted by molar-refractivity contribution is 7.98. The van der Waals surface area contributed by atoms with Crippen molar-refractivity contribution in [3.63, 3.8) is 0 Å². The Kier molecular flexibility index (Phi) is 6.68. The molecular weight excluding hydrogens is 492 g/mol. The quantitative estimate of drug-likeness (QED) is 0.212. The molecule has 0 unspecified atom stereocenters. The van der Waals surface area contributed by atoms with Crippen LogP contribution in [0.15, 0.2) is 39.6 Å². The molecule has 0 aliphatic rings. The second-order valence-corrected chi connectivity index (χ2v) is 9.73. The average molecular weight is 511 g/mol. The largest absolute Gasteiger partial charge is 0.481 e. The number of oxazole rings is 1. The van der Waals surface area contributed by atoms with E-state index in [1.165, 1.54) is 29.2 Å². The molecule has 1 N–H and O–H groups in total. The van der Waals surface area contributed by atoms with Gasteiger partial charge in [0, 0.05) is 27.5 Å². The minimum Gasteiger partial charge on any atom is -0.481 e. The van der Waals surface area contributed by atoms with Gasteiger partial charge in [-0.2, -0.15) is 13.2 Å². The van der Waals surface area contributed by atoms with Crippen molar-refractivity contribution in [3.05, 3.63) is 63.7 Å². The second-order valence-electron chi connectivity index (χ2n) is 7.60. The van der Waals surface area contributed by atoms with E-state index >= 15 is 0 Å². The smallest absolute Gasteiger partial charge is 0.419 e. The Labute approximate surface area is 199 Å².